The number of hydrogen-bond donors (Lipinski definition) is 1. The molecule has 2 saturated heterocycles. The lowest BCUT2D eigenvalue weighted by atomic mass is 9.88. The maximum atomic E-state index is 13.2. The van der Waals surface area contributed by atoms with Crippen molar-refractivity contribution in [3.63, 3.8) is 0 Å². The lowest BCUT2D eigenvalue weighted by Gasteiger charge is -2.48. The Kier molecular flexibility index (Phi) is 15.5. The molecule has 2 aliphatic rings. The summed E-state index contributed by atoms with van der Waals surface area (Å²) in [5.74, 6) is -1.25. The fraction of sp³-hybridized carbons (Fsp3) is 0.632. The summed E-state index contributed by atoms with van der Waals surface area (Å²) in [4.78, 5) is 25.8. The molecule has 0 amide bonds. The molecule has 10 atom stereocenters. The quantitative estimate of drug-likeness (QED) is 0.157. The number of aliphatic hydroxyl groups is 1. The highest BCUT2D eigenvalue weighted by Crippen LogP contribution is 2.36. The normalized spacial score (nSPS) is 30.5. The molecule has 1 N–H and O–H groups in total. The van der Waals surface area contributed by atoms with Gasteiger partial charge in [0, 0.05) is 26.2 Å². The fourth-order valence-electron chi connectivity index (χ4n) is 6.41. The van der Waals surface area contributed by atoms with Gasteiger partial charge in [0.15, 0.2) is 24.5 Å². The van der Waals surface area contributed by atoms with Crippen molar-refractivity contribution in [1.82, 2.24) is 0 Å². The van der Waals surface area contributed by atoms with Crippen molar-refractivity contribution >= 4 is 11.8 Å². The smallest absolute Gasteiger partial charge is 0.338 e. The third kappa shape index (κ3) is 10.2. The number of ketones is 1. The molecule has 2 aromatic carbocycles. The summed E-state index contributed by atoms with van der Waals surface area (Å²) in [7, 11) is 1.39. The van der Waals surface area contributed by atoms with Crippen LogP contribution in [0.5, 0.6) is 0 Å². The molecule has 10 heteroatoms. The molecule has 10 nitrogen and oxygen atoms in total. The number of hydrogen-bond acceptors (Lipinski definition) is 10. The molecule has 2 fully saturated rings. The topological polar surface area (TPSA) is 119 Å². The molecular formula is C38H54O10. The molecule has 0 radical (unpaired) electrons. The number of carbonyl (C=O) groups is 2. The van der Waals surface area contributed by atoms with E-state index in [0.29, 0.717) is 25.2 Å². The van der Waals surface area contributed by atoms with Gasteiger partial charge in [-0.3, -0.25) is 4.79 Å². The Bertz CT molecular complexity index is 1230. The summed E-state index contributed by atoms with van der Waals surface area (Å²) in [5, 5.41) is 11.0. The number of methoxy groups -OCH3 is 1. The molecule has 0 spiro atoms. The van der Waals surface area contributed by atoms with Crippen molar-refractivity contribution in [1.29, 1.82) is 0 Å². The fourth-order valence-corrected chi connectivity index (χ4v) is 6.41. The second kappa shape index (κ2) is 19.5. The van der Waals surface area contributed by atoms with Crippen LogP contribution in [0, 0.1) is 5.92 Å². The molecule has 0 saturated carbocycles. The summed E-state index contributed by atoms with van der Waals surface area (Å²) in [5.41, 5.74) is 1.66. The van der Waals surface area contributed by atoms with E-state index in [2.05, 4.69) is 31.2 Å². The van der Waals surface area contributed by atoms with Crippen LogP contribution in [-0.4, -0.2) is 92.5 Å². The van der Waals surface area contributed by atoms with Crippen molar-refractivity contribution in [3.8, 4) is 0 Å². The standard InChI is InChI=1S/C38H54O10/c1-6-8-23-43-32-25(3)31(29(7-2)45-37(32)44-24-17-11-14-20-27-18-12-9-13-19-27)47-38-35(46-36(41)28-21-15-10-16-22-28)34(42-5)30(40)33(48-38)26(4)39/h9-10,12-13,15-16,18-19,21-22,25,29-35,37-38,40H,6-8,11,14,17,20,23-24H2,1-5H3/t25-,29?,30-,31-,32?,33?,34+,35?,37?,38+/m0/s1. The van der Waals surface area contributed by atoms with Crippen LogP contribution >= 0.6 is 0 Å². The lowest BCUT2D eigenvalue weighted by molar-refractivity contribution is -0.348. The number of aliphatic hydroxyl groups excluding tert-OH is 1. The van der Waals surface area contributed by atoms with Gasteiger partial charge in [0.05, 0.1) is 17.8 Å². The number of benzene rings is 2. The summed E-state index contributed by atoms with van der Waals surface area (Å²) in [6, 6.07) is 19.0. The van der Waals surface area contributed by atoms with Crippen LogP contribution < -0.4 is 0 Å². The first kappa shape index (κ1) is 38.1. The maximum Gasteiger partial charge on any atom is 0.338 e. The highest BCUT2D eigenvalue weighted by molar-refractivity contribution is 5.89. The zero-order valence-electron chi connectivity index (χ0n) is 29.0. The summed E-state index contributed by atoms with van der Waals surface area (Å²) >= 11 is 0. The Labute approximate surface area is 285 Å². The summed E-state index contributed by atoms with van der Waals surface area (Å²) in [6.07, 6.45) is -1.61. The van der Waals surface area contributed by atoms with Crippen LogP contribution in [0.1, 0.15) is 82.1 Å². The minimum absolute atomic E-state index is 0.221. The van der Waals surface area contributed by atoms with E-state index < -0.39 is 67.1 Å². The Hall–Kier alpha value is -2.70. The van der Waals surface area contributed by atoms with Crippen LogP contribution in [-0.2, 0) is 44.4 Å². The average molecular weight is 671 g/mol. The molecule has 4 rings (SSSR count). The van der Waals surface area contributed by atoms with Gasteiger partial charge in [-0.15, -0.1) is 0 Å². The predicted molar refractivity (Wildman–Crippen MR) is 179 cm³/mol. The van der Waals surface area contributed by atoms with E-state index in [-0.39, 0.29) is 5.92 Å². The number of rotatable bonds is 18. The molecule has 2 aliphatic heterocycles. The third-order valence-electron chi connectivity index (χ3n) is 9.16. The molecule has 48 heavy (non-hydrogen) atoms. The zero-order chi connectivity index (χ0) is 34.5. The van der Waals surface area contributed by atoms with Gasteiger partial charge in [-0.2, -0.15) is 0 Å². The first-order valence-electron chi connectivity index (χ1n) is 17.5. The minimum atomic E-state index is -1.38. The predicted octanol–water partition coefficient (Wildman–Crippen LogP) is 5.67. The number of Topliss-reactive ketones (excluding diaryl/α,β-unsaturated/α-hetero) is 1. The average Bonchev–Trinajstić information content (AvgIpc) is 3.10. The van der Waals surface area contributed by atoms with Crippen LogP contribution in [0.15, 0.2) is 60.7 Å². The van der Waals surface area contributed by atoms with Gasteiger partial charge in [0.1, 0.15) is 24.4 Å². The van der Waals surface area contributed by atoms with Crippen molar-refractivity contribution in [3.05, 3.63) is 71.8 Å². The van der Waals surface area contributed by atoms with Crippen molar-refractivity contribution in [2.75, 3.05) is 20.3 Å². The molecule has 2 heterocycles. The maximum absolute atomic E-state index is 13.2. The summed E-state index contributed by atoms with van der Waals surface area (Å²) < 4.78 is 43.5. The Morgan fingerprint density at radius 1 is 0.792 bits per heavy atom. The van der Waals surface area contributed by atoms with Gasteiger partial charge in [-0.05, 0) is 56.7 Å². The molecule has 0 aromatic heterocycles. The number of unbranched alkanes of at least 4 members (excludes halogenated alkanes) is 3. The van der Waals surface area contributed by atoms with Crippen LogP contribution in [0.2, 0.25) is 0 Å². The number of aryl methyl sites for hydroxylation is 1. The van der Waals surface area contributed by atoms with Gasteiger partial charge in [0.25, 0.3) is 0 Å². The highest BCUT2D eigenvalue weighted by Gasteiger charge is 2.53. The van der Waals surface area contributed by atoms with Crippen molar-refractivity contribution < 1.29 is 47.9 Å². The van der Waals surface area contributed by atoms with E-state index in [0.717, 1.165) is 38.5 Å². The van der Waals surface area contributed by atoms with Crippen LogP contribution in [0.4, 0.5) is 0 Å². The monoisotopic (exact) mass is 670 g/mol. The van der Waals surface area contributed by atoms with E-state index in [9.17, 15) is 14.7 Å². The van der Waals surface area contributed by atoms with Gasteiger partial charge in [-0.25, -0.2) is 4.79 Å². The van der Waals surface area contributed by atoms with Crippen LogP contribution in [0.25, 0.3) is 0 Å². The lowest BCUT2D eigenvalue weighted by Crippen LogP contribution is -2.64. The SMILES string of the molecule is CCCCOC1C(OCCCCCc2ccccc2)OC(CC)[C@@H](O[C@@H]2OC(C(C)=O)[C@H](O)[C@@H](OC)C2OC(=O)c2ccccc2)[C@@H]1C. The van der Waals surface area contributed by atoms with E-state index >= 15 is 0 Å². The molecule has 5 unspecified atom stereocenters. The van der Waals surface area contributed by atoms with Crippen molar-refractivity contribution in [2.45, 2.75) is 128 Å². The van der Waals surface area contributed by atoms with Gasteiger partial charge >= 0.3 is 5.97 Å². The minimum Gasteiger partial charge on any atom is -0.450 e. The van der Waals surface area contributed by atoms with E-state index in [1.807, 2.05) is 19.9 Å². The second-order valence-electron chi connectivity index (χ2n) is 12.7. The van der Waals surface area contributed by atoms with Gasteiger partial charge in [-0.1, -0.05) is 82.1 Å². The van der Waals surface area contributed by atoms with E-state index in [4.69, 9.17) is 33.2 Å². The number of carbonyl (C=O) groups excluding carboxylic acids is 2. The Morgan fingerprint density at radius 2 is 1.48 bits per heavy atom. The highest BCUT2D eigenvalue weighted by atomic mass is 16.7. The van der Waals surface area contributed by atoms with Crippen LogP contribution in [0.3, 0.4) is 0 Å². The van der Waals surface area contributed by atoms with Crippen molar-refractivity contribution in [2.24, 2.45) is 5.92 Å². The summed E-state index contributed by atoms with van der Waals surface area (Å²) in [6.45, 7) is 8.55. The van der Waals surface area contributed by atoms with Gasteiger partial charge in [0.2, 0.25) is 0 Å². The molecule has 266 valence electrons. The van der Waals surface area contributed by atoms with Gasteiger partial charge < -0.3 is 38.3 Å². The molecule has 0 aliphatic carbocycles. The second-order valence-corrected chi connectivity index (χ2v) is 12.7. The Morgan fingerprint density at radius 3 is 2.12 bits per heavy atom. The number of ether oxygens (including phenoxy) is 7. The van der Waals surface area contributed by atoms with E-state index in [1.54, 1.807) is 30.3 Å². The third-order valence-corrected chi connectivity index (χ3v) is 9.16. The first-order valence-corrected chi connectivity index (χ1v) is 17.5. The molecule has 2 aromatic rings. The number of esters is 1. The first-order chi connectivity index (χ1) is 23.3. The zero-order valence-corrected chi connectivity index (χ0v) is 29.0. The Balaban J connectivity index is 1.48. The molecular weight excluding hydrogens is 616 g/mol. The molecule has 0 bridgehead atoms. The van der Waals surface area contributed by atoms with E-state index in [1.165, 1.54) is 19.6 Å². The largest absolute Gasteiger partial charge is 0.450 e.